The van der Waals surface area contributed by atoms with Crippen LogP contribution in [0, 0.1) is 18.3 Å². The normalized spacial score (nSPS) is 10.9. The number of amides is 1. The van der Waals surface area contributed by atoms with Gasteiger partial charge in [0.25, 0.3) is 5.91 Å². The maximum absolute atomic E-state index is 12.1. The molecule has 0 bridgehead atoms. The minimum absolute atomic E-state index is 0.0432. The molecule has 11 heteroatoms. The number of nitrogens with zero attached hydrogens (tertiary/aromatic N) is 3. The highest BCUT2D eigenvalue weighted by Gasteiger charge is 2.18. The van der Waals surface area contributed by atoms with E-state index in [0.29, 0.717) is 37.3 Å². The summed E-state index contributed by atoms with van der Waals surface area (Å²) in [5.41, 5.74) is 4.47. The number of hydrazone groups is 1. The molecule has 170 valence electrons. The van der Waals surface area contributed by atoms with E-state index in [4.69, 9.17) is 37.1 Å². The number of hydrogen-bond acceptors (Lipinski definition) is 7. The lowest BCUT2D eigenvalue weighted by Crippen LogP contribution is -2.25. The number of benzene rings is 1. The predicted octanol–water partition coefficient (Wildman–Crippen LogP) is 5.27. The van der Waals surface area contributed by atoms with Crippen molar-refractivity contribution in [3.05, 3.63) is 67.4 Å². The molecule has 0 aliphatic heterocycles. The fourth-order valence-corrected chi connectivity index (χ4v) is 3.47. The molecule has 0 atom stereocenters. The Morgan fingerprint density at radius 1 is 1.33 bits per heavy atom. The smallest absolute Gasteiger partial charge is 0.278 e. The summed E-state index contributed by atoms with van der Waals surface area (Å²) < 4.78 is 16.9. The molecule has 1 amide bonds. The van der Waals surface area contributed by atoms with Gasteiger partial charge in [0.1, 0.15) is 23.2 Å². The average molecular weight is 552 g/mol. The zero-order valence-corrected chi connectivity index (χ0v) is 20.6. The topological polar surface area (TPSA) is 110 Å². The van der Waals surface area contributed by atoms with Crippen LogP contribution in [0.5, 0.6) is 5.88 Å². The third kappa shape index (κ3) is 6.12. The second-order valence-corrected chi connectivity index (χ2v) is 8.23. The van der Waals surface area contributed by atoms with Gasteiger partial charge in [0.15, 0.2) is 6.61 Å². The highest BCUT2D eigenvalue weighted by atomic mass is 79.9. The van der Waals surface area contributed by atoms with Crippen LogP contribution in [0.3, 0.4) is 0 Å². The molecule has 0 spiro atoms. The fraction of sp³-hybridized carbons (Fsp3) is 0.182. The van der Waals surface area contributed by atoms with Crippen LogP contribution < -0.4 is 10.2 Å². The van der Waals surface area contributed by atoms with E-state index in [9.17, 15) is 10.1 Å². The lowest BCUT2D eigenvalue weighted by molar-refractivity contribution is -0.123. The maximum Gasteiger partial charge on any atom is 0.278 e. The van der Waals surface area contributed by atoms with Gasteiger partial charge in [0.2, 0.25) is 5.88 Å². The summed E-state index contributed by atoms with van der Waals surface area (Å²) in [6, 6.07) is 10.6. The minimum Gasteiger partial charge on any atom is -0.467 e. The summed E-state index contributed by atoms with van der Waals surface area (Å²) in [7, 11) is 1.52. The van der Waals surface area contributed by atoms with E-state index >= 15 is 0 Å². The number of carbonyl (C=O) groups excluding carboxylic acids is 1. The molecule has 0 aliphatic carbocycles. The summed E-state index contributed by atoms with van der Waals surface area (Å²) in [5, 5.41) is 14.2. The van der Waals surface area contributed by atoms with Gasteiger partial charge in [0.05, 0.1) is 28.6 Å². The van der Waals surface area contributed by atoms with Crippen LogP contribution in [-0.4, -0.2) is 30.8 Å². The number of nitrogens with one attached hydrogen (secondary N) is 1. The van der Waals surface area contributed by atoms with Crippen LogP contribution in [0.2, 0.25) is 10.0 Å². The number of furan rings is 1. The van der Waals surface area contributed by atoms with Crippen LogP contribution in [0.4, 0.5) is 0 Å². The molecular formula is C22H17BrCl2N4O4. The molecule has 0 unspecified atom stereocenters. The molecule has 3 aromatic rings. The third-order valence-corrected chi connectivity index (χ3v) is 6.11. The van der Waals surface area contributed by atoms with Gasteiger partial charge in [-0.2, -0.15) is 10.4 Å². The van der Waals surface area contributed by atoms with E-state index < -0.39 is 5.91 Å². The highest BCUT2D eigenvalue weighted by molar-refractivity contribution is 9.10. The first kappa shape index (κ1) is 24.7. The number of nitriles is 1. The number of rotatable bonds is 8. The standard InChI is InChI=1S/C22H17BrCl2N4O4/c1-12-21(23)16(10-31-2)15(8-26)22(28-12)32-11-20(30)29-27-9-14-4-6-19(33-14)13-3-5-17(24)18(25)7-13/h3-7,9H,10-11H2,1-2H3,(H,29,30)/b27-9-. The number of carbonyl (C=O) groups is 1. The first-order chi connectivity index (χ1) is 15.8. The summed E-state index contributed by atoms with van der Waals surface area (Å²) >= 11 is 15.4. The van der Waals surface area contributed by atoms with Gasteiger partial charge in [-0.3, -0.25) is 4.79 Å². The Morgan fingerprint density at radius 3 is 2.82 bits per heavy atom. The van der Waals surface area contributed by atoms with Crippen molar-refractivity contribution >= 4 is 51.3 Å². The van der Waals surface area contributed by atoms with E-state index in [2.05, 4.69) is 31.4 Å². The van der Waals surface area contributed by atoms with Crippen LogP contribution >= 0.6 is 39.1 Å². The van der Waals surface area contributed by atoms with Crippen molar-refractivity contribution in [3.63, 3.8) is 0 Å². The van der Waals surface area contributed by atoms with Crippen molar-refractivity contribution < 1.29 is 18.7 Å². The van der Waals surface area contributed by atoms with E-state index in [-0.39, 0.29) is 24.7 Å². The molecule has 8 nitrogen and oxygen atoms in total. The largest absolute Gasteiger partial charge is 0.467 e. The molecule has 0 saturated heterocycles. The maximum atomic E-state index is 12.1. The molecule has 0 saturated carbocycles. The lowest BCUT2D eigenvalue weighted by Gasteiger charge is -2.13. The van der Waals surface area contributed by atoms with Crippen molar-refractivity contribution in [3.8, 4) is 23.3 Å². The van der Waals surface area contributed by atoms with Crippen LogP contribution in [-0.2, 0) is 16.1 Å². The second-order valence-electron chi connectivity index (χ2n) is 6.63. The molecule has 3 rings (SSSR count). The number of aryl methyl sites for hydroxylation is 1. The number of ether oxygens (including phenoxy) is 2. The van der Waals surface area contributed by atoms with E-state index in [1.165, 1.54) is 13.3 Å². The number of hydrogen-bond donors (Lipinski definition) is 1. The number of methoxy groups -OCH3 is 1. The van der Waals surface area contributed by atoms with Crippen molar-refractivity contribution in [1.82, 2.24) is 10.4 Å². The van der Waals surface area contributed by atoms with E-state index in [1.807, 2.05) is 6.07 Å². The number of pyridine rings is 1. The van der Waals surface area contributed by atoms with Crippen molar-refractivity contribution in [2.24, 2.45) is 5.10 Å². The van der Waals surface area contributed by atoms with Gasteiger partial charge in [-0.25, -0.2) is 10.4 Å². The number of aromatic nitrogens is 1. The molecule has 1 aromatic carbocycles. The number of halogens is 3. The minimum atomic E-state index is -0.540. The Balaban J connectivity index is 1.61. The SMILES string of the molecule is COCc1c(Br)c(C)nc(OCC(=O)N/N=C\c2ccc(-c3ccc(Cl)c(Cl)c3)o2)c1C#N. The molecule has 2 heterocycles. The Morgan fingerprint density at radius 2 is 2.12 bits per heavy atom. The van der Waals surface area contributed by atoms with Gasteiger partial charge >= 0.3 is 0 Å². The van der Waals surface area contributed by atoms with E-state index in [1.54, 1.807) is 37.3 Å². The van der Waals surface area contributed by atoms with Crippen LogP contribution in [0.25, 0.3) is 11.3 Å². The molecule has 0 radical (unpaired) electrons. The first-order valence-electron chi connectivity index (χ1n) is 9.42. The third-order valence-electron chi connectivity index (χ3n) is 4.32. The van der Waals surface area contributed by atoms with Crippen molar-refractivity contribution in [2.75, 3.05) is 13.7 Å². The Hall–Kier alpha value is -2.90. The zero-order chi connectivity index (χ0) is 24.0. The van der Waals surface area contributed by atoms with Gasteiger partial charge in [-0.15, -0.1) is 0 Å². The Bertz CT molecular complexity index is 1250. The molecule has 0 aliphatic rings. The van der Waals surface area contributed by atoms with Gasteiger partial charge < -0.3 is 13.9 Å². The van der Waals surface area contributed by atoms with Gasteiger partial charge in [-0.1, -0.05) is 23.2 Å². The highest BCUT2D eigenvalue weighted by Crippen LogP contribution is 2.30. The zero-order valence-electron chi connectivity index (χ0n) is 17.5. The first-order valence-corrected chi connectivity index (χ1v) is 11.0. The molecular weight excluding hydrogens is 535 g/mol. The summed E-state index contributed by atoms with van der Waals surface area (Å²) in [6.45, 7) is 1.55. The Labute approximate surface area is 208 Å². The molecule has 0 fully saturated rings. The fourth-order valence-electron chi connectivity index (χ4n) is 2.77. The van der Waals surface area contributed by atoms with Crippen molar-refractivity contribution in [2.45, 2.75) is 13.5 Å². The molecule has 33 heavy (non-hydrogen) atoms. The van der Waals surface area contributed by atoms with Gasteiger partial charge in [0, 0.05) is 22.7 Å². The lowest BCUT2D eigenvalue weighted by atomic mass is 10.1. The van der Waals surface area contributed by atoms with Crippen LogP contribution in [0.1, 0.15) is 22.6 Å². The quantitative estimate of drug-likeness (QED) is 0.302. The summed E-state index contributed by atoms with van der Waals surface area (Å²) in [5.74, 6) is 0.486. The predicted molar refractivity (Wildman–Crippen MR) is 127 cm³/mol. The van der Waals surface area contributed by atoms with E-state index in [0.717, 1.165) is 5.56 Å². The van der Waals surface area contributed by atoms with Crippen LogP contribution in [0.15, 0.2) is 44.3 Å². The summed E-state index contributed by atoms with van der Waals surface area (Å²) in [6.07, 6.45) is 1.35. The monoisotopic (exact) mass is 550 g/mol. The summed E-state index contributed by atoms with van der Waals surface area (Å²) in [4.78, 5) is 16.3. The molecule has 2 aromatic heterocycles. The van der Waals surface area contributed by atoms with Crippen molar-refractivity contribution in [1.29, 1.82) is 5.26 Å². The Kier molecular flexibility index (Phi) is 8.47. The molecule has 1 N–H and O–H groups in total. The van der Waals surface area contributed by atoms with Gasteiger partial charge in [-0.05, 0) is 53.2 Å². The second kappa shape index (κ2) is 11.3. The average Bonchev–Trinajstić information content (AvgIpc) is 3.26.